The highest BCUT2D eigenvalue weighted by Gasteiger charge is 2.03. The molecular weight excluding hydrogens is 233 g/mol. The number of hydrogen-bond donors (Lipinski definition) is 0. The summed E-state index contributed by atoms with van der Waals surface area (Å²) in [6.45, 7) is 0. The van der Waals surface area contributed by atoms with Gasteiger partial charge in [-0.25, -0.2) is 0 Å². The van der Waals surface area contributed by atoms with E-state index in [0.29, 0.717) is 21.5 Å². The van der Waals surface area contributed by atoms with Gasteiger partial charge in [0.15, 0.2) is 0 Å². The molecule has 1 aromatic heterocycles. The van der Waals surface area contributed by atoms with Crippen molar-refractivity contribution in [3.63, 3.8) is 0 Å². The maximum Gasteiger partial charge on any atom is 0.146 e. The van der Waals surface area contributed by atoms with Gasteiger partial charge in [0.25, 0.3) is 0 Å². The van der Waals surface area contributed by atoms with E-state index in [-0.39, 0.29) is 0 Å². The number of hydrogen-bond acceptors (Lipinski definition) is 2. The van der Waals surface area contributed by atoms with Gasteiger partial charge in [-0.1, -0.05) is 23.2 Å². The molecule has 0 aliphatic heterocycles. The highest BCUT2D eigenvalue weighted by atomic mass is 35.5. The van der Waals surface area contributed by atoms with Crippen molar-refractivity contribution in [1.29, 1.82) is 0 Å². The molecule has 0 aliphatic rings. The molecule has 2 nitrogen and oxygen atoms in total. The van der Waals surface area contributed by atoms with Gasteiger partial charge in [0.05, 0.1) is 5.02 Å². The minimum absolute atomic E-state index is 0.485. The molecule has 0 aliphatic carbocycles. The van der Waals surface area contributed by atoms with Gasteiger partial charge >= 0.3 is 0 Å². The van der Waals surface area contributed by atoms with Crippen molar-refractivity contribution in [2.75, 3.05) is 0 Å². The first-order valence-corrected chi connectivity index (χ1v) is 5.04. The van der Waals surface area contributed by atoms with E-state index in [1.54, 1.807) is 42.7 Å². The zero-order chi connectivity index (χ0) is 10.7. The summed E-state index contributed by atoms with van der Waals surface area (Å²) >= 11 is 11.7. The van der Waals surface area contributed by atoms with Crippen LogP contribution in [0.5, 0.6) is 11.5 Å². The van der Waals surface area contributed by atoms with Crippen molar-refractivity contribution >= 4 is 23.2 Å². The topological polar surface area (TPSA) is 22.1 Å². The molecule has 15 heavy (non-hydrogen) atoms. The summed E-state index contributed by atoms with van der Waals surface area (Å²) in [5, 5.41) is 1.07. The van der Waals surface area contributed by atoms with Crippen LogP contribution in [0.2, 0.25) is 10.0 Å². The first kappa shape index (κ1) is 10.3. The van der Waals surface area contributed by atoms with E-state index in [0.717, 1.165) is 0 Å². The number of nitrogens with zero attached hydrogens (tertiary/aromatic N) is 1. The second kappa shape index (κ2) is 4.51. The van der Waals surface area contributed by atoms with E-state index in [4.69, 9.17) is 27.9 Å². The molecule has 0 amide bonds. The number of ether oxygens (including phenoxy) is 1. The fraction of sp³-hybridized carbons (Fsp3) is 0. The third-order valence-electron chi connectivity index (χ3n) is 1.77. The van der Waals surface area contributed by atoms with E-state index < -0.39 is 0 Å². The number of benzene rings is 1. The summed E-state index contributed by atoms with van der Waals surface area (Å²) < 4.78 is 5.53. The van der Waals surface area contributed by atoms with Gasteiger partial charge in [-0.3, -0.25) is 4.98 Å². The molecule has 0 unspecified atom stereocenters. The van der Waals surface area contributed by atoms with Crippen LogP contribution in [-0.2, 0) is 0 Å². The molecule has 1 aromatic carbocycles. The van der Waals surface area contributed by atoms with Crippen LogP contribution >= 0.6 is 23.2 Å². The molecule has 0 saturated heterocycles. The Labute approximate surface area is 97.4 Å². The predicted molar refractivity (Wildman–Crippen MR) is 60.8 cm³/mol. The minimum atomic E-state index is 0.485. The van der Waals surface area contributed by atoms with Gasteiger partial charge in [0, 0.05) is 17.4 Å². The van der Waals surface area contributed by atoms with Crippen molar-refractivity contribution in [3.05, 3.63) is 52.8 Å². The molecule has 76 valence electrons. The highest BCUT2D eigenvalue weighted by Crippen LogP contribution is 2.30. The van der Waals surface area contributed by atoms with Crippen LogP contribution in [0, 0.1) is 0 Å². The van der Waals surface area contributed by atoms with Crippen LogP contribution in [-0.4, -0.2) is 4.98 Å². The second-order valence-electron chi connectivity index (χ2n) is 2.86. The number of rotatable bonds is 2. The standard InChI is InChI=1S/C11H7Cl2NO/c12-8-1-2-11(10(13)7-8)15-9-3-5-14-6-4-9/h1-7H. The fourth-order valence-corrected chi connectivity index (χ4v) is 1.54. The Balaban J connectivity index is 2.25. The molecule has 0 spiro atoms. The average Bonchev–Trinajstić information content (AvgIpc) is 2.24. The highest BCUT2D eigenvalue weighted by molar-refractivity contribution is 6.35. The quantitative estimate of drug-likeness (QED) is 0.785. The van der Waals surface area contributed by atoms with Gasteiger partial charge < -0.3 is 4.74 Å². The van der Waals surface area contributed by atoms with Crippen LogP contribution < -0.4 is 4.74 Å². The first-order valence-electron chi connectivity index (χ1n) is 4.28. The third-order valence-corrected chi connectivity index (χ3v) is 2.30. The van der Waals surface area contributed by atoms with Crippen LogP contribution in [0.25, 0.3) is 0 Å². The number of aromatic nitrogens is 1. The van der Waals surface area contributed by atoms with E-state index in [2.05, 4.69) is 4.98 Å². The van der Waals surface area contributed by atoms with Gasteiger partial charge in [-0.05, 0) is 30.3 Å². The van der Waals surface area contributed by atoms with Crippen molar-refractivity contribution in [2.24, 2.45) is 0 Å². The van der Waals surface area contributed by atoms with Crippen LogP contribution in [0.3, 0.4) is 0 Å². The van der Waals surface area contributed by atoms with E-state index in [9.17, 15) is 0 Å². The van der Waals surface area contributed by atoms with Crippen molar-refractivity contribution in [2.45, 2.75) is 0 Å². The molecule has 2 aromatic rings. The number of pyridine rings is 1. The Hall–Kier alpha value is -1.25. The lowest BCUT2D eigenvalue weighted by Crippen LogP contribution is -1.85. The lowest BCUT2D eigenvalue weighted by atomic mass is 10.3. The Morgan fingerprint density at radius 1 is 1.00 bits per heavy atom. The number of halogens is 2. The molecule has 0 bridgehead atoms. The molecule has 0 atom stereocenters. The lowest BCUT2D eigenvalue weighted by molar-refractivity contribution is 0.482. The smallest absolute Gasteiger partial charge is 0.146 e. The molecule has 0 radical (unpaired) electrons. The Bertz CT molecular complexity index is 459. The minimum Gasteiger partial charge on any atom is -0.456 e. The SMILES string of the molecule is Clc1ccc(Oc2ccncc2)c(Cl)c1. The predicted octanol–water partition coefficient (Wildman–Crippen LogP) is 4.18. The Morgan fingerprint density at radius 2 is 1.73 bits per heavy atom. The Morgan fingerprint density at radius 3 is 2.40 bits per heavy atom. The van der Waals surface area contributed by atoms with Crippen LogP contribution in [0.15, 0.2) is 42.7 Å². The van der Waals surface area contributed by atoms with E-state index in [1.165, 1.54) is 0 Å². The molecular formula is C11H7Cl2NO. The Kier molecular flexibility index (Phi) is 3.09. The summed E-state index contributed by atoms with van der Waals surface area (Å²) in [6.07, 6.45) is 3.30. The first-order chi connectivity index (χ1) is 7.25. The fourth-order valence-electron chi connectivity index (χ4n) is 1.09. The van der Waals surface area contributed by atoms with E-state index in [1.807, 2.05) is 0 Å². The largest absolute Gasteiger partial charge is 0.456 e. The zero-order valence-electron chi connectivity index (χ0n) is 7.65. The molecule has 4 heteroatoms. The van der Waals surface area contributed by atoms with Crippen molar-refractivity contribution in [1.82, 2.24) is 4.98 Å². The second-order valence-corrected chi connectivity index (χ2v) is 3.70. The summed E-state index contributed by atoms with van der Waals surface area (Å²) in [6, 6.07) is 8.60. The summed E-state index contributed by atoms with van der Waals surface area (Å²) in [4.78, 5) is 3.89. The maximum absolute atomic E-state index is 5.95. The third kappa shape index (κ3) is 2.61. The summed E-state index contributed by atoms with van der Waals surface area (Å²) in [7, 11) is 0. The molecule has 2 rings (SSSR count). The van der Waals surface area contributed by atoms with Gasteiger partial charge in [0.1, 0.15) is 11.5 Å². The van der Waals surface area contributed by atoms with Crippen LogP contribution in [0.4, 0.5) is 0 Å². The summed E-state index contributed by atoms with van der Waals surface area (Å²) in [5.41, 5.74) is 0. The molecule has 0 fully saturated rings. The normalized spacial score (nSPS) is 10.0. The summed E-state index contributed by atoms with van der Waals surface area (Å²) in [5.74, 6) is 1.27. The molecule has 0 saturated carbocycles. The molecule has 0 N–H and O–H groups in total. The van der Waals surface area contributed by atoms with Crippen molar-refractivity contribution in [3.8, 4) is 11.5 Å². The zero-order valence-corrected chi connectivity index (χ0v) is 9.16. The van der Waals surface area contributed by atoms with Gasteiger partial charge in [0.2, 0.25) is 0 Å². The molecule has 1 heterocycles. The maximum atomic E-state index is 5.95. The lowest BCUT2D eigenvalue weighted by Gasteiger charge is -2.06. The van der Waals surface area contributed by atoms with E-state index >= 15 is 0 Å². The van der Waals surface area contributed by atoms with Gasteiger partial charge in [-0.15, -0.1) is 0 Å². The monoisotopic (exact) mass is 239 g/mol. The average molecular weight is 240 g/mol. The van der Waals surface area contributed by atoms with Gasteiger partial charge in [-0.2, -0.15) is 0 Å². The van der Waals surface area contributed by atoms with Crippen molar-refractivity contribution < 1.29 is 4.74 Å². The van der Waals surface area contributed by atoms with Crippen LogP contribution in [0.1, 0.15) is 0 Å².